The molecule has 1 aromatic carbocycles. The number of rotatable bonds is 6. The zero-order valence-corrected chi connectivity index (χ0v) is 16.2. The Hall–Kier alpha value is -1.93. The molecule has 1 N–H and O–H groups in total. The number of amides is 1. The van der Waals surface area contributed by atoms with Crippen LogP contribution < -0.4 is 0 Å². The summed E-state index contributed by atoms with van der Waals surface area (Å²) < 4.78 is 26.4. The summed E-state index contributed by atoms with van der Waals surface area (Å²) in [4.78, 5) is 25.8. The molecule has 1 aliphatic heterocycles. The van der Waals surface area contributed by atoms with Crippen LogP contribution in [0, 0.1) is 5.92 Å². The zero-order chi connectivity index (χ0) is 19.5. The third-order valence-corrected chi connectivity index (χ3v) is 7.07. The molecule has 0 bridgehead atoms. The van der Waals surface area contributed by atoms with Gasteiger partial charge in [-0.3, -0.25) is 9.59 Å². The van der Waals surface area contributed by atoms with Gasteiger partial charge in [0.1, 0.15) is 0 Å². The van der Waals surface area contributed by atoms with E-state index in [1.807, 2.05) is 0 Å². The highest BCUT2D eigenvalue weighted by Crippen LogP contribution is 2.26. The van der Waals surface area contributed by atoms with E-state index in [4.69, 9.17) is 0 Å². The van der Waals surface area contributed by atoms with E-state index in [2.05, 4.69) is 0 Å². The van der Waals surface area contributed by atoms with Crippen LogP contribution in [0.15, 0.2) is 29.2 Å². The predicted molar refractivity (Wildman–Crippen MR) is 97.4 cm³/mol. The third kappa shape index (κ3) is 3.91. The molecule has 0 spiro atoms. The number of carbonyl (C=O) groups excluding carboxylic acids is 1. The molecule has 2 atom stereocenters. The summed E-state index contributed by atoms with van der Waals surface area (Å²) in [5.74, 6) is -1.74. The lowest BCUT2D eigenvalue weighted by atomic mass is 9.90. The third-order valence-electron chi connectivity index (χ3n) is 5.01. The Morgan fingerprint density at radius 1 is 1.19 bits per heavy atom. The van der Waals surface area contributed by atoms with E-state index < -0.39 is 28.0 Å². The van der Waals surface area contributed by atoms with E-state index >= 15 is 0 Å². The molecule has 0 radical (unpaired) electrons. The zero-order valence-electron chi connectivity index (χ0n) is 15.4. The van der Waals surface area contributed by atoms with Gasteiger partial charge in [-0.1, -0.05) is 13.8 Å². The van der Waals surface area contributed by atoms with Crippen LogP contribution in [0.5, 0.6) is 0 Å². The molecule has 1 saturated heterocycles. The molecule has 26 heavy (non-hydrogen) atoms. The van der Waals surface area contributed by atoms with Crippen molar-refractivity contribution in [2.45, 2.75) is 44.6 Å². The number of nitrogens with zero attached hydrogens (tertiary/aromatic N) is 2. The van der Waals surface area contributed by atoms with E-state index in [0.29, 0.717) is 38.0 Å². The first-order valence-electron chi connectivity index (χ1n) is 8.88. The first kappa shape index (κ1) is 20.4. The number of benzene rings is 1. The number of aliphatic carboxylic acids is 1. The number of hydrogen-bond acceptors (Lipinski definition) is 4. The summed E-state index contributed by atoms with van der Waals surface area (Å²) in [6.07, 6.45) is 1.20. The number of carbonyl (C=O) groups is 2. The van der Waals surface area contributed by atoms with Gasteiger partial charge in [0.2, 0.25) is 10.0 Å². The number of piperidine rings is 1. The minimum atomic E-state index is -3.57. The van der Waals surface area contributed by atoms with Crippen LogP contribution in [-0.2, 0) is 14.8 Å². The summed E-state index contributed by atoms with van der Waals surface area (Å²) in [6, 6.07) is 5.47. The van der Waals surface area contributed by atoms with Gasteiger partial charge >= 0.3 is 5.97 Å². The lowest BCUT2D eigenvalue weighted by Crippen LogP contribution is -2.49. The van der Waals surface area contributed by atoms with Gasteiger partial charge in [0.05, 0.1) is 10.8 Å². The van der Waals surface area contributed by atoms with Gasteiger partial charge in [-0.2, -0.15) is 4.31 Å². The minimum absolute atomic E-state index is 0.146. The van der Waals surface area contributed by atoms with Crippen LogP contribution in [0.2, 0.25) is 0 Å². The molecule has 8 heteroatoms. The average molecular weight is 382 g/mol. The number of carboxylic acid groups (broad SMARTS) is 1. The van der Waals surface area contributed by atoms with Crippen LogP contribution in [0.3, 0.4) is 0 Å². The minimum Gasteiger partial charge on any atom is -0.481 e. The second-order valence-corrected chi connectivity index (χ2v) is 8.38. The maximum atomic E-state index is 12.8. The maximum absolute atomic E-state index is 12.8. The first-order valence-corrected chi connectivity index (χ1v) is 10.3. The fourth-order valence-corrected chi connectivity index (χ4v) is 4.87. The Balaban J connectivity index is 2.22. The number of sulfonamides is 1. The summed E-state index contributed by atoms with van der Waals surface area (Å²) in [5, 5.41) is 9.29. The molecule has 7 nitrogen and oxygen atoms in total. The Labute approximate surface area is 154 Å². The molecular formula is C18H26N2O5S. The van der Waals surface area contributed by atoms with E-state index in [1.54, 1.807) is 25.7 Å². The van der Waals surface area contributed by atoms with Crippen molar-refractivity contribution >= 4 is 21.9 Å². The molecular weight excluding hydrogens is 356 g/mol. The van der Waals surface area contributed by atoms with Crippen LogP contribution in [-0.4, -0.2) is 60.3 Å². The lowest BCUT2D eigenvalue weighted by molar-refractivity contribution is -0.144. The smallest absolute Gasteiger partial charge is 0.308 e. The van der Waals surface area contributed by atoms with Gasteiger partial charge in [-0.25, -0.2) is 8.42 Å². The van der Waals surface area contributed by atoms with Crippen LogP contribution in [0.1, 0.15) is 44.0 Å². The molecule has 1 aliphatic rings. The van der Waals surface area contributed by atoms with Gasteiger partial charge < -0.3 is 10.0 Å². The van der Waals surface area contributed by atoms with E-state index in [0.717, 1.165) is 0 Å². The van der Waals surface area contributed by atoms with Gasteiger partial charge in [0.15, 0.2) is 0 Å². The van der Waals surface area contributed by atoms with Crippen molar-refractivity contribution in [3.63, 3.8) is 0 Å². The van der Waals surface area contributed by atoms with Gasteiger partial charge in [0.25, 0.3) is 5.91 Å². The van der Waals surface area contributed by atoms with Crippen molar-refractivity contribution in [2.24, 2.45) is 5.92 Å². The van der Waals surface area contributed by atoms with Gasteiger partial charge in [-0.05, 0) is 44.0 Å². The normalized spacial score (nSPS) is 21.0. The topological polar surface area (TPSA) is 95.0 Å². The van der Waals surface area contributed by atoms with Gasteiger partial charge in [-0.15, -0.1) is 0 Å². The van der Waals surface area contributed by atoms with E-state index in [9.17, 15) is 23.1 Å². The van der Waals surface area contributed by atoms with Crippen molar-refractivity contribution in [1.29, 1.82) is 0 Å². The Bertz CT molecular complexity index is 756. The molecule has 1 heterocycles. The summed E-state index contributed by atoms with van der Waals surface area (Å²) in [6.45, 7) is 6.55. The number of carboxylic acids is 1. The highest BCUT2D eigenvalue weighted by Gasteiger charge is 2.35. The summed E-state index contributed by atoms with van der Waals surface area (Å²) >= 11 is 0. The fourth-order valence-electron chi connectivity index (χ4n) is 3.41. The monoisotopic (exact) mass is 382 g/mol. The maximum Gasteiger partial charge on any atom is 0.308 e. The molecule has 1 amide bonds. The van der Waals surface area contributed by atoms with Crippen molar-refractivity contribution < 1.29 is 23.1 Å². The van der Waals surface area contributed by atoms with Gasteiger partial charge in [0, 0.05) is 31.2 Å². The largest absolute Gasteiger partial charge is 0.481 e. The molecule has 0 unspecified atom stereocenters. The molecule has 144 valence electrons. The highest BCUT2D eigenvalue weighted by atomic mass is 32.2. The summed E-state index contributed by atoms with van der Waals surface area (Å²) in [5.41, 5.74) is 0.362. The second kappa shape index (κ2) is 8.18. The number of hydrogen-bond donors (Lipinski definition) is 1. The molecule has 1 fully saturated rings. The van der Waals surface area contributed by atoms with Crippen molar-refractivity contribution in [1.82, 2.24) is 9.21 Å². The van der Waals surface area contributed by atoms with Crippen molar-refractivity contribution in [3.8, 4) is 0 Å². The average Bonchev–Trinajstić information content (AvgIpc) is 2.62. The SMILES string of the molecule is CCN(CC)S(=O)(=O)c1ccc(C(=O)N2CCC[C@H](C(=O)O)[C@@H]2C)cc1. The second-order valence-electron chi connectivity index (χ2n) is 6.44. The molecule has 2 rings (SSSR count). The van der Waals surface area contributed by atoms with Crippen LogP contribution in [0.4, 0.5) is 0 Å². The highest BCUT2D eigenvalue weighted by molar-refractivity contribution is 7.89. The van der Waals surface area contributed by atoms with Crippen molar-refractivity contribution in [3.05, 3.63) is 29.8 Å². The van der Waals surface area contributed by atoms with Crippen molar-refractivity contribution in [2.75, 3.05) is 19.6 Å². The summed E-state index contributed by atoms with van der Waals surface area (Å²) in [7, 11) is -3.57. The van der Waals surface area contributed by atoms with Crippen LogP contribution in [0.25, 0.3) is 0 Å². The van der Waals surface area contributed by atoms with E-state index in [1.165, 1.54) is 28.6 Å². The molecule has 0 aromatic heterocycles. The van der Waals surface area contributed by atoms with E-state index in [-0.39, 0.29) is 10.8 Å². The Morgan fingerprint density at radius 3 is 2.27 bits per heavy atom. The fraction of sp³-hybridized carbons (Fsp3) is 0.556. The molecule has 0 aliphatic carbocycles. The number of likely N-dealkylation sites (tertiary alicyclic amines) is 1. The standard InChI is InChI=1S/C18H26N2O5S/c1-4-19(5-2)26(24,25)15-10-8-14(9-11-15)17(21)20-12-6-7-16(13(20)3)18(22)23/h8-11,13,16H,4-7,12H2,1-3H3,(H,22,23)/t13-,16-/m0/s1. The first-order chi connectivity index (χ1) is 12.2. The predicted octanol–water partition coefficient (Wildman–Crippen LogP) is 2.04. The van der Waals surface area contributed by atoms with Crippen LogP contribution >= 0.6 is 0 Å². The quantitative estimate of drug-likeness (QED) is 0.812. The Morgan fingerprint density at radius 2 is 1.77 bits per heavy atom. The Kier molecular flexibility index (Phi) is 6.41. The molecule has 0 saturated carbocycles. The molecule has 1 aromatic rings. The lowest BCUT2D eigenvalue weighted by Gasteiger charge is -2.37.